The lowest BCUT2D eigenvalue weighted by Crippen LogP contribution is -2.21. The van der Waals surface area contributed by atoms with Crippen molar-refractivity contribution in [1.29, 1.82) is 0 Å². The summed E-state index contributed by atoms with van der Waals surface area (Å²) in [5.41, 5.74) is -2.75. The van der Waals surface area contributed by atoms with Gasteiger partial charge >= 0.3 is 6.18 Å². The molecule has 0 atom stereocenters. The number of amides is 1. The van der Waals surface area contributed by atoms with Crippen molar-refractivity contribution in [2.24, 2.45) is 0 Å². The lowest BCUT2D eigenvalue weighted by atomic mass is 10.1. The molecule has 0 aliphatic heterocycles. The lowest BCUT2D eigenvalue weighted by molar-refractivity contribution is -0.142. The molecule has 1 amide bonds. The van der Waals surface area contributed by atoms with E-state index >= 15 is 0 Å². The van der Waals surface area contributed by atoms with Gasteiger partial charge in [-0.05, 0) is 36.8 Å². The molecule has 1 N–H and O–H groups in total. The number of alkyl halides is 3. The molecule has 186 valence electrons. The fourth-order valence-corrected chi connectivity index (χ4v) is 3.94. The Kier molecular flexibility index (Phi) is 6.81. The minimum atomic E-state index is -4.95. The summed E-state index contributed by atoms with van der Waals surface area (Å²) in [6, 6.07) is 7.17. The molecule has 2 aromatic heterocycles. The first-order chi connectivity index (χ1) is 16.1. The molecule has 3 aromatic rings. The number of nitrogens with one attached hydrogen (secondary N) is 1. The van der Waals surface area contributed by atoms with Crippen LogP contribution in [0.2, 0.25) is 0 Å². The monoisotopic (exact) mass is 531 g/mol. The second kappa shape index (κ2) is 9.18. The van der Waals surface area contributed by atoms with Gasteiger partial charge in [0.15, 0.2) is 30.4 Å². The molecule has 0 saturated heterocycles. The summed E-state index contributed by atoms with van der Waals surface area (Å²) < 4.78 is 92.1. The second-order valence-electron chi connectivity index (χ2n) is 7.19. The quantitative estimate of drug-likeness (QED) is 0.501. The molecule has 2 heterocycles. The van der Waals surface area contributed by atoms with Crippen molar-refractivity contribution in [3.63, 3.8) is 0 Å². The summed E-state index contributed by atoms with van der Waals surface area (Å²) in [6.07, 6.45) is -3.11. The maximum absolute atomic E-state index is 13.4. The van der Waals surface area contributed by atoms with Crippen molar-refractivity contribution < 1.29 is 39.5 Å². The zero-order valence-corrected chi connectivity index (χ0v) is 19.8. The zero-order chi connectivity index (χ0) is 26.2. The summed E-state index contributed by atoms with van der Waals surface area (Å²) in [4.78, 5) is 12.8. The highest BCUT2D eigenvalue weighted by atomic mass is 32.2. The molecule has 0 spiro atoms. The average Bonchev–Trinajstić information content (AvgIpc) is 2.72. The van der Waals surface area contributed by atoms with E-state index < -0.39 is 54.5 Å². The number of carbonyl (C=O) groups is 1. The number of hydrogen-bond donors (Lipinski definition) is 1. The van der Waals surface area contributed by atoms with Crippen LogP contribution >= 0.6 is 0 Å². The first-order valence-corrected chi connectivity index (χ1v) is 13.1. The number of hydrogen-bond acceptors (Lipinski definition) is 10. The fourth-order valence-electron chi connectivity index (χ4n) is 2.76. The highest BCUT2D eigenvalue weighted by molar-refractivity contribution is 7.91. The van der Waals surface area contributed by atoms with Crippen molar-refractivity contribution in [1.82, 2.24) is 20.4 Å². The Morgan fingerprint density at radius 2 is 1.63 bits per heavy atom. The largest absolute Gasteiger partial charge is 0.435 e. The molecular formula is C19H16F3N5O6S2. The summed E-state index contributed by atoms with van der Waals surface area (Å²) in [5.74, 6) is -2.16. The Labute approximate surface area is 197 Å². The van der Waals surface area contributed by atoms with Gasteiger partial charge in [-0.2, -0.15) is 13.2 Å². The van der Waals surface area contributed by atoms with Crippen molar-refractivity contribution in [2.45, 2.75) is 23.0 Å². The Morgan fingerprint density at radius 1 is 0.943 bits per heavy atom. The minimum absolute atomic E-state index is 0.0223. The molecule has 0 aliphatic carbocycles. The number of ether oxygens (including phenoxy) is 1. The molecule has 11 nitrogen and oxygen atoms in total. The van der Waals surface area contributed by atoms with Crippen LogP contribution in [0.1, 0.15) is 21.6 Å². The molecule has 0 unspecified atom stereocenters. The van der Waals surface area contributed by atoms with Crippen LogP contribution < -0.4 is 10.1 Å². The Hall–Kier alpha value is -3.66. The van der Waals surface area contributed by atoms with Gasteiger partial charge in [-0.25, -0.2) is 16.8 Å². The first-order valence-electron chi connectivity index (χ1n) is 9.35. The van der Waals surface area contributed by atoms with Crippen LogP contribution in [-0.2, 0) is 25.9 Å². The van der Waals surface area contributed by atoms with Gasteiger partial charge < -0.3 is 10.1 Å². The van der Waals surface area contributed by atoms with Gasteiger partial charge in [-0.15, -0.1) is 20.4 Å². The molecule has 0 radical (unpaired) electrons. The Morgan fingerprint density at radius 3 is 2.17 bits per heavy atom. The van der Waals surface area contributed by atoms with Crippen molar-refractivity contribution >= 4 is 31.3 Å². The van der Waals surface area contributed by atoms with Crippen LogP contribution in [0.15, 0.2) is 46.3 Å². The van der Waals surface area contributed by atoms with E-state index in [-0.39, 0.29) is 21.5 Å². The molecular weight excluding hydrogens is 515 g/mol. The Bertz CT molecular complexity index is 1510. The number of nitrogens with zero attached hydrogens (tertiary/aromatic N) is 4. The van der Waals surface area contributed by atoms with Crippen LogP contribution in [-0.4, -0.2) is 55.6 Å². The van der Waals surface area contributed by atoms with E-state index in [0.29, 0.717) is 0 Å². The van der Waals surface area contributed by atoms with Gasteiger partial charge in [0, 0.05) is 24.3 Å². The predicted molar refractivity (Wildman–Crippen MR) is 114 cm³/mol. The number of anilines is 1. The van der Waals surface area contributed by atoms with E-state index in [1.807, 2.05) is 0 Å². The van der Waals surface area contributed by atoms with E-state index in [1.165, 1.54) is 18.2 Å². The molecule has 16 heteroatoms. The van der Waals surface area contributed by atoms with Crippen molar-refractivity contribution in [3.8, 4) is 11.8 Å². The predicted octanol–water partition coefficient (Wildman–Crippen LogP) is 2.45. The molecule has 35 heavy (non-hydrogen) atoms. The van der Waals surface area contributed by atoms with Crippen LogP contribution in [0.25, 0.3) is 0 Å². The molecule has 0 fully saturated rings. The summed E-state index contributed by atoms with van der Waals surface area (Å²) in [5, 5.41) is 15.4. The van der Waals surface area contributed by atoms with Crippen LogP contribution in [0, 0.1) is 6.92 Å². The first kappa shape index (κ1) is 26.0. The molecule has 0 saturated carbocycles. The molecule has 0 aliphatic rings. The maximum atomic E-state index is 13.4. The van der Waals surface area contributed by atoms with Gasteiger partial charge in [0.2, 0.25) is 5.88 Å². The maximum Gasteiger partial charge on any atom is 0.435 e. The third-order valence-corrected chi connectivity index (χ3v) is 6.49. The van der Waals surface area contributed by atoms with Crippen LogP contribution in [0.5, 0.6) is 11.8 Å². The summed E-state index contributed by atoms with van der Waals surface area (Å²) in [7, 11) is -7.31. The SMILES string of the molecule is Cc1c(C(F)(F)F)nnc(Oc2ccc(S(C)(=O)=O)nn2)c1C(=O)Nc1cccc(S(C)(=O)=O)c1. The Balaban J connectivity index is 2.05. The second-order valence-corrected chi connectivity index (χ2v) is 11.2. The molecule has 3 rings (SSSR count). The number of benzene rings is 1. The highest BCUT2D eigenvalue weighted by Gasteiger charge is 2.38. The number of aromatic nitrogens is 4. The standard InChI is InChI=1S/C19H16F3N5O6S2/c1-10-15(17(28)23-11-5-4-6-12(9-11)34(2,29)30)18(27-26-16(10)19(20,21)22)33-13-7-8-14(25-24-13)35(3,31)32/h4-9H,1-3H3,(H,23,28). The van der Waals surface area contributed by atoms with Crippen molar-refractivity contribution in [3.05, 3.63) is 53.2 Å². The van der Waals surface area contributed by atoms with E-state index in [0.717, 1.165) is 37.6 Å². The minimum Gasteiger partial charge on any atom is -0.417 e. The summed E-state index contributed by atoms with van der Waals surface area (Å²) >= 11 is 0. The number of sulfone groups is 2. The number of halogens is 3. The normalized spacial score (nSPS) is 12.3. The summed E-state index contributed by atoms with van der Waals surface area (Å²) in [6.45, 7) is 0.977. The van der Waals surface area contributed by atoms with Gasteiger partial charge in [0.25, 0.3) is 11.8 Å². The highest BCUT2D eigenvalue weighted by Crippen LogP contribution is 2.34. The van der Waals surface area contributed by atoms with Gasteiger partial charge in [-0.3, -0.25) is 4.79 Å². The smallest absolute Gasteiger partial charge is 0.417 e. The van der Waals surface area contributed by atoms with E-state index in [9.17, 15) is 34.8 Å². The molecule has 1 aromatic carbocycles. The van der Waals surface area contributed by atoms with Crippen LogP contribution in [0.3, 0.4) is 0 Å². The van der Waals surface area contributed by atoms with E-state index in [1.54, 1.807) is 0 Å². The fraction of sp³-hybridized carbons (Fsp3) is 0.211. The van der Waals surface area contributed by atoms with Gasteiger partial charge in [0.1, 0.15) is 5.56 Å². The van der Waals surface area contributed by atoms with E-state index in [2.05, 4.69) is 25.7 Å². The van der Waals surface area contributed by atoms with Gasteiger partial charge in [0.05, 0.1) is 4.90 Å². The average molecular weight is 531 g/mol. The lowest BCUT2D eigenvalue weighted by Gasteiger charge is -2.15. The van der Waals surface area contributed by atoms with Crippen molar-refractivity contribution in [2.75, 3.05) is 17.8 Å². The topological polar surface area (TPSA) is 158 Å². The number of carbonyl (C=O) groups excluding carboxylic acids is 1. The van der Waals surface area contributed by atoms with Gasteiger partial charge in [-0.1, -0.05) is 6.07 Å². The third kappa shape index (κ3) is 6.07. The molecule has 0 bridgehead atoms. The number of rotatable bonds is 6. The third-order valence-electron chi connectivity index (χ3n) is 4.40. The zero-order valence-electron chi connectivity index (χ0n) is 18.2. The van der Waals surface area contributed by atoms with Crippen LogP contribution in [0.4, 0.5) is 18.9 Å². The van der Waals surface area contributed by atoms with E-state index in [4.69, 9.17) is 4.74 Å².